The molecule has 1 aromatic rings. The Morgan fingerprint density at radius 1 is 1.47 bits per heavy atom. The maximum Gasteiger partial charge on any atom is 0.127 e. The van der Waals surface area contributed by atoms with Gasteiger partial charge in [-0.25, -0.2) is 0 Å². The molecule has 19 heavy (non-hydrogen) atoms. The third-order valence-electron chi connectivity index (χ3n) is 3.50. The van der Waals surface area contributed by atoms with Crippen LogP contribution in [0.4, 0.5) is 0 Å². The average molecular weight is 328 g/mol. The Kier molecular flexibility index (Phi) is 5.67. The van der Waals surface area contributed by atoms with E-state index >= 15 is 0 Å². The van der Waals surface area contributed by atoms with E-state index in [-0.39, 0.29) is 6.61 Å². The van der Waals surface area contributed by atoms with E-state index < -0.39 is 0 Å². The van der Waals surface area contributed by atoms with Gasteiger partial charge in [-0.1, -0.05) is 22.9 Å². The molecule has 3 nitrogen and oxygen atoms in total. The largest absolute Gasteiger partial charge is 0.493 e. The molecule has 1 aromatic carbocycles. The van der Waals surface area contributed by atoms with E-state index in [1.54, 1.807) is 0 Å². The van der Waals surface area contributed by atoms with Gasteiger partial charge < -0.3 is 15.2 Å². The van der Waals surface area contributed by atoms with Crippen molar-refractivity contribution in [1.82, 2.24) is 5.32 Å². The van der Waals surface area contributed by atoms with Gasteiger partial charge in [0.1, 0.15) is 5.75 Å². The fraction of sp³-hybridized carbons (Fsp3) is 0.600. The van der Waals surface area contributed by atoms with Crippen molar-refractivity contribution in [3.63, 3.8) is 0 Å². The van der Waals surface area contributed by atoms with Gasteiger partial charge in [0.15, 0.2) is 0 Å². The van der Waals surface area contributed by atoms with Crippen LogP contribution in [0.3, 0.4) is 0 Å². The van der Waals surface area contributed by atoms with Crippen LogP contribution in [0.25, 0.3) is 0 Å². The SMILES string of the molecule is CC(CO)CCCNCc1cc(Br)cc2c1OCC2. The maximum atomic E-state index is 8.96. The summed E-state index contributed by atoms with van der Waals surface area (Å²) in [4.78, 5) is 0. The van der Waals surface area contributed by atoms with Crippen LogP contribution >= 0.6 is 15.9 Å². The number of rotatable bonds is 7. The molecule has 0 bridgehead atoms. The van der Waals surface area contributed by atoms with E-state index in [1.807, 2.05) is 0 Å². The highest BCUT2D eigenvalue weighted by atomic mass is 79.9. The van der Waals surface area contributed by atoms with Gasteiger partial charge in [-0.15, -0.1) is 0 Å². The molecule has 0 radical (unpaired) electrons. The van der Waals surface area contributed by atoms with E-state index in [4.69, 9.17) is 9.84 Å². The summed E-state index contributed by atoms with van der Waals surface area (Å²) in [6, 6.07) is 4.28. The van der Waals surface area contributed by atoms with Crippen molar-refractivity contribution in [3.8, 4) is 5.75 Å². The molecule has 0 fully saturated rings. The smallest absolute Gasteiger partial charge is 0.127 e. The van der Waals surface area contributed by atoms with E-state index in [9.17, 15) is 0 Å². The standard InChI is InChI=1S/C15H22BrNO2/c1-11(10-18)3-2-5-17-9-13-8-14(16)7-12-4-6-19-15(12)13/h7-8,11,17-18H,2-6,9-10H2,1H3. The second-order valence-electron chi connectivity index (χ2n) is 5.26. The molecular formula is C15H22BrNO2. The first-order chi connectivity index (χ1) is 9.20. The predicted octanol–water partition coefficient (Wildman–Crippen LogP) is 2.88. The molecule has 0 amide bonds. The van der Waals surface area contributed by atoms with Gasteiger partial charge in [0.2, 0.25) is 0 Å². The van der Waals surface area contributed by atoms with Crippen LogP contribution in [0.15, 0.2) is 16.6 Å². The van der Waals surface area contributed by atoms with E-state index in [0.29, 0.717) is 5.92 Å². The number of benzene rings is 1. The zero-order chi connectivity index (χ0) is 13.7. The number of hydrogen-bond donors (Lipinski definition) is 2. The van der Waals surface area contributed by atoms with Crippen molar-refractivity contribution in [2.75, 3.05) is 19.8 Å². The molecule has 0 aliphatic carbocycles. The Balaban J connectivity index is 1.80. The number of hydrogen-bond acceptors (Lipinski definition) is 3. The van der Waals surface area contributed by atoms with Gasteiger partial charge in [-0.3, -0.25) is 0 Å². The topological polar surface area (TPSA) is 41.5 Å². The predicted molar refractivity (Wildman–Crippen MR) is 80.5 cm³/mol. The van der Waals surface area contributed by atoms with Gasteiger partial charge in [0.05, 0.1) is 6.61 Å². The molecule has 1 aliphatic heterocycles. The fourth-order valence-corrected chi connectivity index (χ4v) is 2.92. The average Bonchev–Trinajstić information content (AvgIpc) is 2.85. The van der Waals surface area contributed by atoms with Crippen LogP contribution in [0.2, 0.25) is 0 Å². The Morgan fingerprint density at radius 2 is 2.32 bits per heavy atom. The second-order valence-corrected chi connectivity index (χ2v) is 6.17. The molecular weight excluding hydrogens is 306 g/mol. The highest BCUT2D eigenvalue weighted by Crippen LogP contribution is 2.32. The molecule has 4 heteroatoms. The summed E-state index contributed by atoms with van der Waals surface area (Å²) in [7, 11) is 0. The van der Waals surface area contributed by atoms with Crippen LogP contribution in [-0.4, -0.2) is 24.9 Å². The lowest BCUT2D eigenvalue weighted by atomic mass is 10.1. The number of aliphatic hydroxyl groups is 1. The maximum absolute atomic E-state index is 8.96. The molecule has 1 heterocycles. The first-order valence-electron chi connectivity index (χ1n) is 6.96. The van der Waals surface area contributed by atoms with E-state index in [0.717, 1.165) is 49.2 Å². The first kappa shape index (κ1) is 14.8. The molecule has 0 spiro atoms. The molecule has 0 saturated carbocycles. The summed E-state index contributed by atoms with van der Waals surface area (Å²) in [6.07, 6.45) is 3.17. The normalized spacial score (nSPS) is 15.1. The Morgan fingerprint density at radius 3 is 3.11 bits per heavy atom. The van der Waals surface area contributed by atoms with Crippen molar-refractivity contribution in [1.29, 1.82) is 0 Å². The summed E-state index contributed by atoms with van der Waals surface area (Å²) in [5.74, 6) is 1.47. The Labute approximate surface area is 123 Å². The van der Waals surface area contributed by atoms with Crippen LogP contribution in [-0.2, 0) is 13.0 Å². The fourth-order valence-electron chi connectivity index (χ4n) is 2.37. The number of ether oxygens (including phenoxy) is 1. The Hall–Kier alpha value is -0.580. The lowest BCUT2D eigenvalue weighted by Crippen LogP contribution is -2.16. The lowest BCUT2D eigenvalue weighted by Gasteiger charge is -2.11. The number of aliphatic hydroxyl groups excluding tert-OH is 1. The molecule has 2 N–H and O–H groups in total. The van der Waals surface area contributed by atoms with Crippen LogP contribution < -0.4 is 10.1 Å². The van der Waals surface area contributed by atoms with Gasteiger partial charge in [-0.2, -0.15) is 0 Å². The third-order valence-corrected chi connectivity index (χ3v) is 3.96. The zero-order valence-electron chi connectivity index (χ0n) is 11.4. The van der Waals surface area contributed by atoms with E-state index in [2.05, 4.69) is 40.3 Å². The minimum absolute atomic E-state index is 0.285. The summed E-state index contributed by atoms with van der Waals surface area (Å²) < 4.78 is 6.83. The minimum Gasteiger partial charge on any atom is -0.493 e. The first-order valence-corrected chi connectivity index (χ1v) is 7.75. The molecule has 0 aromatic heterocycles. The number of fused-ring (bicyclic) bond motifs is 1. The van der Waals surface area contributed by atoms with Gasteiger partial charge in [0.25, 0.3) is 0 Å². The molecule has 106 valence electrons. The molecule has 1 atom stereocenters. The van der Waals surface area contributed by atoms with Crippen LogP contribution in [0.1, 0.15) is 30.9 Å². The van der Waals surface area contributed by atoms with Crippen LogP contribution in [0, 0.1) is 5.92 Å². The summed E-state index contributed by atoms with van der Waals surface area (Å²) in [6.45, 7) is 4.98. The quantitative estimate of drug-likeness (QED) is 0.756. The van der Waals surface area contributed by atoms with Crippen molar-refractivity contribution < 1.29 is 9.84 Å². The summed E-state index contributed by atoms with van der Waals surface area (Å²) in [5, 5.41) is 12.4. The number of halogens is 1. The van der Waals surface area contributed by atoms with Crippen molar-refractivity contribution in [3.05, 3.63) is 27.7 Å². The van der Waals surface area contributed by atoms with Crippen molar-refractivity contribution in [2.24, 2.45) is 5.92 Å². The Bertz CT molecular complexity index is 423. The third kappa shape index (κ3) is 4.20. The number of nitrogens with one attached hydrogen (secondary N) is 1. The highest BCUT2D eigenvalue weighted by Gasteiger charge is 2.16. The summed E-state index contributed by atoms with van der Waals surface area (Å²) >= 11 is 3.56. The second kappa shape index (κ2) is 7.27. The lowest BCUT2D eigenvalue weighted by molar-refractivity contribution is 0.228. The molecule has 0 saturated heterocycles. The zero-order valence-corrected chi connectivity index (χ0v) is 13.0. The van der Waals surface area contributed by atoms with E-state index in [1.165, 1.54) is 11.1 Å². The molecule has 1 unspecified atom stereocenters. The van der Waals surface area contributed by atoms with Gasteiger partial charge >= 0.3 is 0 Å². The monoisotopic (exact) mass is 327 g/mol. The van der Waals surface area contributed by atoms with Gasteiger partial charge in [0, 0.05) is 29.6 Å². The highest BCUT2D eigenvalue weighted by molar-refractivity contribution is 9.10. The van der Waals surface area contributed by atoms with Gasteiger partial charge in [-0.05, 0) is 43.0 Å². The minimum atomic E-state index is 0.285. The molecule has 2 rings (SSSR count). The van der Waals surface area contributed by atoms with Crippen LogP contribution in [0.5, 0.6) is 5.75 Å². The molecule has 1 aliphatic rings. The van der Waals surface area contributed by atoms with Crippen molar-refractivity contribution >= 4 is 15.9 Å². The van der Waals surface area contributed by atoms with Crippen molar-refractivity contribution in [2.45, 2.75) is 32.7 Å². The summed E-state index contributed by atoms with van der Waals surface area (Å²) in [5.41, 5.74) is 2.54.